The summed E-state index contributed by atoms with van der Waals surface area (Å²) in [6.45, 7) is 14.3. The van der Waals surface area contributed by atoms with Crippen LogP contribution in [0.15, 0.2) is 0 Å². The van der Waals surface area contributed by atoms with E-state index in [0.717, 1.165) is 5.92 Å². The molecule has 0 heterocycles. The van der Waals surface area contributed by atoms with E-state index in [1.807, 2.05) is 0 Å². The largest absolute Gasteiger partial charge is 0.100 e. The van der Waals surface area contributed by atoms with Gasteiger partial charge in [-0.05, 0) is 61.9 Å². The van der Waals surface area contributed by atoms with Crippen molar-refractivity contribution in [2.24, 2.45) is 5.92 Å². The van der Waals surface area contributed by atoms with Crippen LogP contribution in [0.2, 0.25) is 0 Å². The molecule has 356 valence electrons. The van der Waals surface area contributed by atoms with Gasteiger partial charge in [0.05, 0.1) is 0 Å². The van der Waals surface area contributed by atoms with Crippen LogP contribution < -0.4 is 0 Å². The highest BCUT2D eigenvalue weighted by Gasteiger charge is 2.42. The highest BCUT2D eigenvalue weighted by atomic mass is 31.1. The molecule has 0 saturated carbocycles. The topological polar surface area (TPSA) is 0 Å². The highest BCUT2D eigenvalue weighted by Crippen LogP contribution is 2.62. The van der Waals surface area contributed by atoms with Crippen LogP contribution >= 0.6 is 7.92 Å². The fourth-order valence-electron chi connectivity index (χ4n) is 10.7. The lowest BCUT2D eigenvalue weighted by Gasteiger charge is -2.49. The fraction of sp³-hybridized carbons (Fsp3) is 1.00. The third-order valence-corrected chi connectivity index (χ3v) is 18.5. The van der Waals surface area contributed by atoms with Gasteiger partial charge >= 0.3 is 0 Å². The van der Waals surface area contributed by atoms with Crippen LogP contribution in [0.1, 0.15) is 350 Å². The first-order chi connectivity index (χ1) is 29.2. The van der Waals surface area contributed by atoms with Crippen molar-refractivity contribution in [2.75, 3.05) is 12.3 Å². The molecule has 0 bridgehead atoms. The lowest BCUT2D eigenvalue weighted by atomic mass is 9.76. The highest BCUT2D eigenvalue weighted by molar-refractivity contribution is 7.59. The van der Waals surface area contributed by atoms with Crippen molar-refractivity contribution in [1.82, 2.24) is 0 Å². The summed E-state index contributed by atoms with van der Waals surface area (Å²) in [7, 11) is 0.0699. The Bertz CT molecular complexity index is 728. The summed E-state index contributed by atoms with van der Waals surface area (Å²) in [6, 6.07) is 0. The van der Waals surface area contributed by atoms with Gasteiger partial charge in [0.15, 0.2) is 0 Å². The average Bonchev–Trinajstić information content (AvgIpc) is 3.25. The summed E-state index contributed by atoms with van der Waals surface area (Å²) in [5.41, 5.74) is 0. The van der Waals surface area contributed by atoms with Crippen LogP contribution in [-0.4, -0.2) is 17.5 Å². The number of hydrogen-bond acceptors (Lipinski definition) is 0. The van der Waals surface area contributed by atoms with E-state index in [-0.39, 0.29) is 7.92 Å². The van der Waals surface area contributed by atoms with Crippen LogP contribution in [0.5, 0.6) is 0 Å². The van der Waals surface area contributed by atoms with Gasteiger partial charge in [-0.2, -0.15) is 0 Å². The molecule has 0 radical (unpaired) electrons. The van der Waals surface area contributed by atoms with Gasteiger partial charge in [-0.3, -0.25) is 0 Å². The molecule has 0 N–H and O–H groups in total. The first-order valence-electron chi connectivity index (χ1n) is 28.9. The minimum atomic E-state index is 0.0699. The van der Waals surface area contributed by atoms with E-state index >= 15 is 0 Å². The molecule has 0 aliphatic heterocycles. The third-order valence-electron chi connectivity index (χ3n) is 14.7. The zero-order valence-corrected chi connectivity index (χ0v) is 43.8. The minimum Gasteiger partial charge on any atom is -0.100 e. The predicted octanol–water partition coefficient (Wildman–Crippen LogP) is 22.7. The molecule has 0 aromatic rings. The summed E-state index contributed by atoms with van der Waals surface area (Å²) in [5.74, 6) is 1.00. The van der Waals surface area contributed by atoms with Gasteiger partial charge in [-0.15, -0.1) is 7.92 Å². The van der Waals surface area contributed by atoms with Crippen LogP contribution in [0.25, 0.3) is 0 Å². The van der Waals surface area contributed by atoms with Crippen molar-refractivity contribution < 1.29 is 0 Å². The van der Waals surface area contributed by atoms with E-state index < -0.39 is 0 Å². The summed E-state index contributed by atoms with van der Waals surface area (Å²) in [5, 5.41) is 0.663. The maximum atomic E-state index is 2.40. The number of hydrogen-bond donors (Lipinski definition) is 0. The molecule has 2 unspecified atom stereocenters. The molecule has 0 spiro atoms. The molecule has 0 fully saturated rings. The van der Waals surface area contributed by atoms with E-state index in [0.29, 0.717) is 5.16 Å². The van der Waals surface area contributed by atoms with Gasteiger partial charge in [0.2, 0.25) is 0 Å². The second kappa shape index (κ2) is 49.4. The fourth-order valence-corrected chi connectivity index (χ4v) is 14.7. The average molecular weight is 848 g/mol. The molecule has 0 aromatic carbocycles. The normalized spacial score (nSPS) is 13.1. The first-order valence-corrected chi connectivity index (χ1v) is 30.6. The van der Waals surface area contributed by atoms with Crippen molar-refractivity contribution in [3.8, 4) is 0 Å². The van der Waals surface area contributed by atoms with Gasteiger partial charge in [0.25, 0.3) is 0 Å². The second-order valence-electron chi connectivity index (χ2n) is 20.3. The molecule has 59 heavy (non-hydrogen) atoms. The molecule has 0 amide bonds. The van der Waals surface area contributed by atoms with Crippen molar-refractivity contribution in [1.29, 1.82) is 0 Å². The van der Waals surface area contributed by atoms with Gasteiger partial charge in [-0.25, -0.2) is 0 Å². The summed E-state index contributed by atoms with van der Waals surface area (Å²) in [6.07, 6.45) is 74.6. The Hall–Kier alpha value is 0.430. The van der Waals surface area contributed by atoms with Crippen molar-refractivity contribution >= 4 is 7.92 Å². The molecule has 0 rings (SSSR count). The first kappa shape index (κ1) is 59.4. The van der Waals surface area contributed by atoms with E-state index in [1.54, 1.807) is 50.8 Å². The third kappa shape index (κ3) is 37.5. The number of rotatable bonds is 52. The Kier molecular flexibility index (Phi) is 49.8. The Labute approximate surface area is 379 Å². The summed E-state index contributed by atoms with van der Waals surface area (Å²) >= 11 is 0. The van der Waals surface area contributed by atoms with Gasteiger partial charge < -0.3 is 0 Å². The van der Waals surface area contributed by atoms with E-state index in [1.165, 1.54) is 270 Å². The zero-order chi connectivity index (χ0) is 43.0. The van der Waals surface area contributed by atoms with Crippen molar-refractivity contribution in [3.05, 3.63) is 0 Å². The minimum absolute atomic E-state index is 0.0699. The number of unbranched alkanes of at least 4 members (excludes halogenated alkanes) is 38. The molecule has 1 heteroatoms. The summed E-state index contributed by atoms with van der Waals surface area (Å²) < 4.78 is 0. The van der Waals surface area contributed by atoms with E-state index in [4.69, 9.17) is 0 Å². The molecular weight excluding hydrogens is 728 g/mol. The summed E-state index contributed by atoms with van der Waals surface area (Å²) in [4.78, 5) is 0. The van der Waals surface area contributed by atoms with E-state index in [9.17, 15) is 0 Å². The lowest BCUT2D eigenvalue weighted by Crippen LogP contribution is -2.38. The van der Waals surface area contributed by atoms with Gasteiger partial charge in [0, 0.05) is 0 Å². The van der Waals surface area contributed by atoms with Crippen LogP contribution in [-0.2, 0) is 0 Å². The smallest absolute Gasteiger partial charge is 0.00662 e. The Balaban J connectivity index is 6.37. The van der Waals surface area contributed by atoms with Crippen molar-refractivity contribution in [2.45, 2.75) is 355 Å². The molecule has 0 aliphatic rings. The van der Waals surface area contributed by atoms with Crippen molar-refractivity contribution in [3.63, 3.8) is 0 Å². The molecule has 0 nitrogen and oxygen atoms in total. The molecule has 0 aromatic heterocycles. The quantitative estimate of drug-likeness (QED) is 0.0423. The van der Waals surface area contributed by atoms with Crippen LogP contribution in [0.3, 0.4) is 0 Å². The van der Waals surface area contributed by atoms with E-state index in [2.05, 4.69) is 41.5 Å². The zero-order valence-electron chi connectivity index (χ0n) is 42.9. The molecule has 2 atom stereocenters. The molecular formula is C58H119P. The monoisotopic (exact) mass is 847 g/mol. The predicted molar refractivity (Wildman–Crippen MR) is 279 cm³/mol. The Morgan fingerprint density at radius 1 is 0.237 bits per heavy atom. The lowest BCUT2D eigenvalue weighted by molar-refractivity contribution is 0.263. The van der Waals surface area contributed by atoms with Crippen LogP contribution in [0, 0.1) is 5.92 Å². The van der Waals surface area contributed by atoms with Crippen LogP contribution in [0.4, 0.5) is 0 Å². The maximum absolute atomic E-state index is 2.40. The molecule has 0 aliphatic carbocycles. The standard InChI is InChI=1S/C58H119P/c1-7-13-19-25-31-33-34-36-38-44-50-56-59(55-49-43-30-24-18-12-6)58(53-47-41-28-22-16-10-4,54-48-42-29-23-17-11-5)57(51-45-39-27-21-15-9-3)52-46-40-37-35-32-26-20-14-8-2/h57H,7-56H2,1-6H3. The van der Waals surface area contributed by atoms with Gasteiger partial charge in [0.1, 0.15) is 0 Å². The second-order valence-corrected chi connectivity index (χ2v) is 23.2. The molecule has 0 saturated heterocycles. The SMILES string of the molecule is CCCCCCCCCCCCCP(CCCCCCCC)C(CCCCCCCC)(CCCCCCCC)C(CCCCCCCC)CCCCCCCCCCC. The van der Waals surface area contributed by atoms with Gasteiger partial charge in [-0.1, -0.05) is 311 Å². The maximum Gasteiger partial charge on any atom is -0.00662 e. The Morgan fingerprint density at radius 2 is 0.441 bits per heavy atom. The Morgan fingerprint density at radius 3 is 0.695 bits per heavy atom.